The van der Waals surface area contributed by atoms with Crippen LogP contribution in [0.4, 0.5) is 0 Å². The first kappa shape index (κ1) is 18.3. The molecule has 0 bridgehead atoms. The Morgan fingerprint density at radius 3 is 2.69 bits per heavy atom. The van der Waals surface area contributed by atoms with Crippen LogP contribution >= 0.6 is 11.3 Å². The summed E-state index contributed by atoms with van der Waals surface area (Å²) in [5, 5.41) is 1.90. The summed E-state index contributed by atoms with van der Waals surface area (Å²) in [6.07, 6.45) is 1.63. The molecule has 0 aliphatic heterocycles. The van der Waals surface area contributed by atoms with Gasteiger partial charge in [-0.2, -0.15) is 0 Å². The minimum atomic E-state index is -0.974. The number of para-hydroxylation sites is 2. The van der Waals surface area contributed by atoms with Gasteiger partial charge in [0.05, 0.1) is 16.8 Å². The van der Waals surface area contributed by atoms with Gasteiger partial charge in [-0.25, -0.2) is 9.78 Å². The van der Waals surface area contributed by atoms with Gasteiger partial charge in [0.15, 0.2) is 11.5 Å². The number of aromatic nitrogens is 1. The molecule has 7 heteroatoms. The zero-order valence-electron chi connectivity index (χ0n) is 14.1. The summed E-state index contributed by atoms with van der Waals surface area (Å²) < 4.78 is 22.6. The molecule has 0 aliphatic carbocycles. The van der Waals surface area contributed by atoms with Crippen LogP contribution in [0.25, 0.3) is 0 Å². The molecule has 1 aromatic heterocycles. The van der Waals surface area contributed by atoms with Gasteiger partial charge in [0, 0.05) is 28.2 Å². The fourth-order valence-electron chi connectivity index (χ4n) is 2.30. The first-order chi connectivity index (χ1) is 12.6. The largest absolute Gasteiger partial charge is 0.483 e. The van der Waals surface area contributed by atoms with Gasteiger partial charge in [-0.15, -0.1) is 11.3 Å². The number of esters is 1. The maximum Gasteiger partial charge on any atom is 0.343 e. The highest BCUT2D eigenvalue weighted by molar-refractivity contribution is 7.83. The molecule has 26 heavy (non-hydrogen) atoms. The molecule has 0 fully saturated rings. The monoisotopic (exact) mass is 387 g/mol. The number of carbonyl (C=O) groups excluding carboxylic acids is 1. The number of rotatable bonds is 7. The Morgan fingerprint density at radius 1 is 1.15 bits per heavy atom. The van der Waals surface area contributed by atoms with Crippen molar-refractivity contribution in [1.82, 2.24) is 4.98 Å². The molecular formula is C19H17NO4S2. The highest BCUT2D eigenvalue weighted by Gasteiger charge is 2.13. The van der Waals surface area contributed by atoms with Gasteiger partial charge >= 0.3 is 5.97 Å². The second kappa shape index (κ2) is 8.73. The second-order valence-corrected chi connectivity index (χ2v) is 7.68. The van der Waals surface area contributed by atoms with Gasteiger partial charge in [0.25, 0.3) is 0 Å². The van der Waals surface area contributed by atoms with Gasteiger partial charge in [-0.1, -0.05) is 24.3 Å². The summed E-state index contributed by atoms with van der Waals surface area (Å²) >= 11 is 1.49. The standard InChI is InChI=1S/C19H17NO4S2/c1-26(22)12-14-5-4-6-15(9-14)19(21)24-18-8-3-2-7-17(18)23-10-16-11-25-13-20-16/h2-9,11,13H,10,12H2,1H3/t26-/m0/s1. The van der Waals surface area contributed by atoms with Crippen LogP contribution in [0.2, 0.25) is 0 Å². The molecule has 0 N–H and O–H groups in total. The number of hydrogen-bond acceptors (Lipinski definition) is 6. The van der Waals surface area contributed by atoms with Crippen LogP contribution < -0.4 is 9.47 Å². The fraction of sp³-hybridized carbons (Fsp3) is 0.158. The average Bonchev–Trinajstić information content (AvgIpc) is 3.14. The Balaban J connectivity index is 1.72. The number of carbonyl (C=O) groups is 1. The molecule has 3 rings (SSSR count). The predicted octanol–water partition coefficient (Wildman–Crippen LogP) is 3.82. The van der Waals surface area contributed by atoms with Gasteiger partial charge in [-0.3, -0.25) is 4.21 Å². The number of thiazole rings is 1. The van der Waals surface area contributed by atoms with E-state index in [1.54, 1.807) is 48.2 Å². The van der Waals surface area contributed by atoms with Crippen LogP contribution in [0, 0.1) is 0 Å². The van der Waals surface area contributed by atoms with E-state index in [2.05, 4.69) is 4.98 Å². The second-order valence-electron chi connectivity index (χ2n) is 5.52. The molecule has 1 heterocycles. The van der Waals surface area contributed by atoms with Crippen LogP contribution in [0.1, 0.15) is 21.6 Å². The Hall–Kier alpha value is -2.51. The number of ether oxygens (including phenoxy) is 2. The summed E-state index contributed by atoms with van der Waals surface area (Å²) in [4.78, 5) is 16.6. The van der Waals surface area contributed by atoms with E-state index in [4.69, 9.17) is 9.47 Å². The van der Waals surface area contributed by atoms with Gasteiger partial charge in [-0.05, 0) is 29.8 Å². The van der Waals surface area contributed by atoms with Crippen LogP contribution in [-0.4, -0.2) is 21.4 Å². The SMILES string of the molecule is C[S@](=O)Cc1cccc(C(=O)Oc2ccccc2OCc2cscn2)c1. The van der Waals surface area contributed by atoms with Gasteiger partial charge in [0.2, 0.25) is 0 Å². The first-order valence-electron chi connectivity index (χ1n) is 7.82. The Kier molecular flexibility index (Phi) is 6.14. The van der Waals surface area contributed by atoms with Crippen molar-refractivity contribution >= 4 is 28.1 Å². The average molecular weight is 387 g/mol. The van der Waals surface area contributed by atoms with E-state index >= 15 is 0 Å². The van der Waals surface area contributed by atoms with Crippen molar-refractivity contribution in [3.05, 3.63) is 76.2 Å². The van der Waals surface area contributed by atoms with Gasteiger partial charge in [0.1, 0.15) is 6.61 Å². The Bertz CT molecular complexity index is 909. The predicted molar refractivity (Wildman–Crippen MR) is 102 cm³/mol. The summed E-state index contributed by atoms with van der Waals surface area (Å²) in [6.45, 7) is 0.301. The maximum absolute atomic E-state index is 12.5. The molecule has 0 amide bonds. The van der Waals surface area contributed by atoms with Crippen LogP contribution in [0.5, 0.6) is 11.5 Å². The molecule has 0 unspecified atom stereocenters. The summed E-state index contributed by atoms with van der Waals surface area (Å²) in [5.41, 5.74) is 3.79. The normalized spacial score (nSPS) is 11.7. The molecule has 0 spiro atoms. The van der Waals surface area contributed by atoms with Crippen LogP contribution in [0.3, 0.4) is 0 Å². The third-order valence-electron chi connectivity index (χ3n) is 3.44. The number of nitrogens with zero attached hydrogens (tertiary/aromatic N) is 1. The third kappa shape index (κ3) is 5.00. The molecule has 0 aliphatic rings. The van der Waals surface area contributed by atoms with Crippen LogP contribution in [0.15, 0.2) is 59.4 Å². The quantitative estimate of drug-likeness (QED) is 0.455. The Morgan fingerprint density at radius 2 is 1.96 bits per heavy atom. The molecule has 5 nitrogen and oxygen atoms in total. The number of hydrogen-bond donors (Lipinski definition) is 0. The summed E-state index contributed by atoms with van der Waals surface area (Å²) in [6, 6.07) is 14.0. The van der Waals surface area contributed by atoms with Crippen molar-refractivity contribution in [2.75, 3.05) is 6.26 Å². The fourth-order valence-corrected chi connectivity index (χ4v) is 3.49. The lowest BCUT2D eigenvalue weighted by atomic mass is 10.1. The van der Waals surface area contributed by atoms with Crippen molar-refractivity contribution < 1.29 is 18.5 Å². The van der Waals surface area contributed by atoms with E-state index < -0.39 is 16.8 Å². The zero-order chi connectivity index (χ0) is 18.4. The third-order valence-corrected chi connectivity index (χ3v) is 4.82. The molecule has 0 saturated carbocycles. The minimum Gasteiger partial charge on any atom is -0.483 e. The highest BCUT2D eigenvalue weighted by atomic mass is 32.2. The zero-order valence-corrected chi connectivity index (χ0v) is 15.7. The Labute approximate surface area is 158 Å². The molecule has 1 atom stereocenters. The molecular weight excluding hydrogens is 370 g/mol. The first-order valence-corrected chi connectivity index (χ1v) is 10.5. The molecule has 0 radical (unpaired) electrons. The highest BCUT2D eigenvalue weighted by Crippen LogP contribution is 2.28. The lowest BCUT2D eigenvalue weighted by molar-refractivity contribution is 0.0727. The smallest absolute Gasteiger partial charge is 0.343 e. The topological polar surface area (TPSA) is 65.5 Å². The summed E-state index contributed by atoms with van der Waals surface area (Å²) in [5.74, 6) is 0.726. The summed E-state index contributed by atoms with van der Waals surface area (Å²) in [7, 11) is -0.974. The van der Waals surface area contributed by atoms with Crippen molar-refractivity contribution in [2.24, 2.45) is 0 Å². The van der Waals surface area contributed by atoms with Crippen molar-refractivity contribution in [3.8, 4) is 11.5 Å². The maximum atomic E-state index is 12.5. The van der Waals surface area contributed by atoms with E-state index in [-0.39, 0.29) is 0 Å². The van der Waals surface area contributed by atoms with Crippen molar-refractivity contribution in [2.45, 2.75) is 12.4 Å². The van der Waals surface area contributed by atoms with E-state index in [0.717, 1.165) is 11.3 Å². The van der Waals surface area contributed by atoms with E-state index in [9.17, 15) is 9.00 Å². The van der Waals surface area contributed by atoms with E-state index in [1.807, 2.05) is 17.5 Å². The molecule has 2 aromatic carbocycles. The van der Waals surface area contributed by atoms with E-state index in [1.165, 1.54) is 11.3 Å². The van der Waals surface area contributed by atoms with Crippen molar-refractivity contribution in [3.63, 3.8) is 0 Å². The number of benzene rings is 2. The molecule has 0 saturated heterocycles. The lowest BCUT2D eigenvalue weighted by Gasteiger charge is -2.11. The minimum absolute atomic E-state index is 0.301. The van der Waals surface area contributed by atoms with Crippen molar-refractivity contribution in [1.29, 1.82) is 0 Å². The molecule has 134 valence electrons. The molecule has 3 aromatic rings. The van der Waals surface area contributed by atoms with Gasteiger partial charge < -0.3 is 9.47 Å². The lowest BCUT2D eigenvalue weighted by Crippen LogP contribution is -2.10. The van der Waals surface area contributed by atoms with E-state index in [0.29, 0.717) is 29.4 Å². The van der Waals surface area contributed by atoms with Crippen LogP contribution in [-0.2, 0) is 23.2 Å².